The molecule has 4 aromatic rings. The zero-order chi connectivity index (χ0) is 24.5. The number of halogens is 3. The number of nitrogens with zero attached hydrogens (tertiary/aromatic N) is 2. The van der Waals surface area contributed by atoms with E-state index in [1.807, 2.05) is 6.92 Å². The van der Waals surface area contributed by atoms with E-state index in [1.54, 1.807) is 42.5 Å². The first-order valence-corrected chi connectivity index (χ1v) is 13.1. The Kier molecular flexibility index (Phi) is 7.01. The summed E-state index contributed by atoms with van der Waals surface area (Å²) in [5, 5.41) is 3.90. The van der Waals surface area contributed by atoms with E-state index in [9.17, 15) is 27.0 Å². The van der Waals surface area contributed by atoms with Gasteiger partial charge in [0.15, 0.2) is 5.69 Å². The van der Waals surface area contributed by atoms with Gasteiger partial charge in [-0.1, -0.05) is 30.4 Å². The van der Waals surface area contributed by atoms with Crippen molar-refractivity contribution in [1.29, 1.82) is 0 Å². The fraction of sp³-hybridized carbons (Fsp3) is 0.227. The predicted molar refractivity (Wildman–Crippen MR) is 128 cm³/mol. The second-order valence-corrected chi connectivity index (χ2v) is 10.9. The smallest absolute Gasteiger partial charge is 0.326 e. The van der Waals surface area contributed by atoms with Gasteiger partial charge in [-0.25, -0.2) is 4.98 Å². The van der Waals surface area contributed by atoms with Gasteiger partial charge in [0.25, 0.3) is 0 Å². The summed E-state index contributed by atoms with van der Waals surface area (Å²) in [4.78, 5) is 28.9. The van der Waals surface area contributed by atoms with Gasteiger partial charge in [-0.2, -0.15) is 13.2 Å². The highest BCUT2D eigenvalue weighted by Gasteiger charge is 2.33. The number of anilines is 1. The first kappa shape index (κ1) is 24.3. The van der Waals surface area contributed by atoms with Crippen LogP contribution in [0.4, 0.5) is 18.9 Å². The Balaban J connectivity index is 1.47. The fourth-order valence-electron chi connectivity index (χ4n) is 3.26. The van der Waals surface area contributed by atoms with E-state index in [0.29, 0.717) is 26.6 Å². The molecule has 12 heteroatoms. The molecule has 34 heavy (non-hydrogen) atoms. The molecule has 0 spiro atoms. The van der Waals surface area contributed by atoms with E-state index in [4.69, 9.17) is 0 Å². The first-order chi connectivity index (χ1) is 16.1. The van der Waals surface area contributed by atoms with Crippen LogP contribution >= 0.6 is 22.7 Å². The van der Waals surface area contributed by atoms with Gasteiger partial charge in [0.05, 0.1) is 34.0 Å². The SMILES string of the molecule is CCS(=O)c1ccc(CC(=O)Nc2ccc3c(c2)sc(=O)n3Cc2nc(C(F)(F)F)cs2)cc1. The average molecular weight is 526 g/mol. The molecule has 0 fully saturated rings. The molecule has 1 unspecified atom stereocenters. The Bertz CT molecular complexity index is 1420. The van der Waals surface area contributed by atoms with Crippen LogP contribution in [0.15, 0.2) is 57.5 Å². The van der Waals surface area contributed by atoms with Crippen molar-refractivity contribution in [3.05, 3.63) is 73.8 Å². The topological polar surface area (TPSA) is 81.1 Å². The largest absolute Gasteiger partial charge is 0.434 e. The lowest BCUT2D eigenvalue weighted by molar-refractivity contribution is -0.140. The summed E-state index contributed by atoms with van der Waals surface area (Å²) in [6.07, 6.45) is -4.40. The minimum absolute atomic E-state index is 0.0654. The number of aromatic nitrogens is 2. The molecule has 0 saturated carbocycles. The zero-order valence-electron chi connectivity index (χ0n) is 17.7. The maximum absolute atomic E-state index is 12.8. The van der Waals surface area contributed by atoms with Gasteiger partial charge < -0.3 is 5.32 Å². The maximum atomic E-state index is 12.8. The molecule has 0 radical (unpaired) electrons. The normalized spacial score (nSPS) is 12.7. The Morgan fingerprint density at radius 2 is 1.91 bits per heavy atom. The summed E-state index contributed by atoms with van der Waals surface area (Å²) < 4.78 is 52.2. The minimum atomic E-state index is -4.53. The van der Waals surface area contributed by atoms with Crippen LogP contribution < -0.4 is 10.2 Å². The minimum Gasteiger partial charge on any atom is -0.326 e. The van der Waals surface area contributed by atoms with Gasteiger partial charge in [0, 0.05) is 21.7 Å². The van der Waals surface area contributed by atoms with E-state index in [2.05, 4.69) is 10.3 Å². The van der Waals surface area contributed by atoms with Crippen LogP contribution in [0.3, 0.4) is 0 Å². The third-order valence-corrected chi connectivity index (χ3v) is 8.00. The lowest BCUT2D eigenvalue weighted by Gasteiger charge is -2.07. The summed E-state index contributed by atoms with van der Waals surface area (Å²) in [5.74, 6) is 0.270. The predicted octanol–water partition coefficient (Wildman–Crippen LogP) is 4.90. The van der Waals surface area contributed by atoms with Crippen LogP contribution in [0.5, 0.6) is 0 Å². The van der Waals surface area contributed by atoms with Crippen LogP contribution in [-0.2, 0) is 34.7 Å². The van der Waals surface area contributed by atoms with Gasteiger partial charge >= 0.3 is 11.0 Å². The lowest BCUT2D eigenvalue weighted by Crippen LogP contribution is -2.15. The molecule has 178 valence electrons. The van der Waals surface area contributed by atoms with Crippen molar-refractivity contribution < 1.29 is 22.2 Å². The van der Waals surface area contributed by atoms with E-state index in [0.717, 1.165) is 33.6 Å². The molecule has 4 rings (SSSR count). The van der Waals surface area contributed by atoms with Crippen molar-refractivity contribution in [2.45, 2.75) is 31.0 Å². The number of rotatable bonds is 7. The zero-order valence-corrected chi connectivity index (χ0v) is 20.2. The summed E-state index contributed by atoms with van der Waals surface area (Å²) >= 11 is 1.79. The molecule has 2 heterocycles. The van der Waals surface area contributed by atoms with Crippen LogP contribution in [-0.4, -0.2) is 25.4 Å². The molecule has 0 aliphatic rings. The van der Waals surface area contributed by atoms with Gasteiger partial charge in [-0.15, -0.1) is 11.3 Å². The number of fused-ring (bicyclic) bond motifs is 1. The van der Waals surface area contributed by atoms with Crippen molar-refractivity contribution in [2.24, 2.45) is 0 Å². The molecule has 0 saturated heterocycles. The quantitative estimate of drug-likeness (QED) is 0.372. The third-order valence-electron chi connectivity index (χ3n) is 4.90. The highest BCUT2D eigenvalue weighted by atomic mass is 32.2. The third kappa shape index (κ3) is 5.45. The van der Waals surface area contributed by atoms with Crippen LogP contribution in [0, 0.1) is 0 Å². The Labute approximate surface area is 202 Å². The number of carbonyl (C=O) groups excluding carboxylic acids is 1. The van der Waals surface area contributed by atoms with E-state index in [1.165, 1.54) is 4.57 Å². The Hall–Kier alpha value is -2.83. The standard InChI is InChI=1S/C22H18F3N3O3S3/c1-2-34(31)15-6-3-13(4-7-15)9-19(29)26-14-5-8-16-17(10-14)33-21(30)28(16)11-20-27-18(12-32-20)22(23,24)25/h3-8,10,12H,2,9,11H2,1H3,(H,26,29). The molecule has 0 aliphatic carbocycles. The van der Waals surface area contributed by atoms with Gasteiger partial charge in [0.1, 0.15) is 5.01 Å². The van der Waals surface area contributed by atoms with Gasteiger partial charge in [-0.05, 0) is 35.9 Å². The number of benzene rings is 2. The van der Waals surface area contributed by atoms with Crippen molar-refractivity contribution >= 4 is 55.3 Å². The molecule has 2 aromatic carbocycles. The second-order valence-electron chi connectivity index (χ2n) is 7.26. The molecule has 0 bridgehead atoms. The average Bonchev–Trinajstić information content (AvgIpc) is 3.38. The van der Waals surface area contributed by atoms with Gasteiger partial charge in [0.2, 0.25) is 5.91 Å². The Morgan fingerprint density at radius 3 is 2.56 bits per heavy atom. The molecule has 1 amide bonds. The van der Waals surface area contributed by atoms with Crippen molar-refractivity contribution in [1.82, 2.24) is 9.55 Å². The van der Waals surface area contributed by atoms with Crippen molar-refractivity contribution in [2.75, 3.05) is 11.1 Å². The van der Waals surface area contributed by atoms with Crippen LogP contribution in [0.1, 0.15) is 23.2 Å². The summed E-state index contributed by atoms with van der Waals surface area (Å²) in [6.45, 7) is 1.77. The van der Waals surface area contributed by atoms with Crippen LogP contribution in [0.25, 0.3) is 10.2 Å². The second kappa shape index (κ2) is 9.80. The lowest BCUT2D eigenvalue weighted by atomic mass is 10.1. The number of amides is 1. The molecule has 1 N–H and O–H groups in total. The van der Waals surface area contributed by atoms with Crippen molar-refractivity contribution in [3.8, 4) is 0 Å². The van der Waals surface area contributed by atoms with Crippen molar-refractivity contribution in [3.63, 3.8) is 0 Å². The number of thiazole rings is 2. The monoisotopic (exact) mass is 525 g/mol. The highest BCUT2D eigenvalue weighted by molar-refractivity contribution is 7.85. The molecular weight excluding hydrogens is 507 g/mol. The summed E-state index contributed by atoms with van der Waals surface area (Å²) in [5.41, 5.74) is 0.853. The van der Waals surface area contributed by atoms with E-state index in [-0.39, 0.29) is 28.8 Å². The molecule has 2 aromatic heterocycles. The van der Waals surface area contributed by atoms with E-state index < -0.39 is 22.7 Å². The molecule has 6 nitrogen and oxygen atoms in total. The Morgan fingerprint density at radius 1 is 1.18 bits per heavy atom. The molecule has 0 aliphatic heterocycles. The number of hydrogen-bond acceptors (Lipinski definition) is 6. The molecule has 1 atom stereocenters. The number of hydrogen-bond donors (Lipinski definition) is 1. The summed E-state index contributed by atoms with van der Waals surface area (Å²) in [6, 6.07) is 12.0. The highest BCUT2D eigenvalue weighted by Crippen LogP contribution is 2.30. The number of alkyl halides is 3. The van der Waals surface area contributed by atoms with Crippen LogP contribution in [0.2, 0.25) is 0 Å². The summed E-state index contributed by atoms with van der Waals surface area (Å²) in [7, 11) is -1.05. The van der Waals surface area contributed by atoms with Gasteiger partial charge in [-0.3, -0.25) is 18.4 Å². The number of carbonyl (C=O) groups is 1. The first-order valence-electron chi connectivity index (χ1n) is 10.1. The fourth-order valence-corrected chi connectivity index (χ4v) is 5.75. The maximum Gasteiger partial charge on any atom is 0.434 e. The van der Waals surface area contributed by atoms with E-state index >= 15 is 0 Å². The molecular formula is C22H18F3N3O3S3. The number of nitrogens with one attached hydrogen (secondary N) is 1.